The zero-order valence-corrected chi connectivity index (χ0v) is 12.3. The van der Waals surface area contributed by atoms with Crippen molar-refractivity contribution in [3.05, 3.63) is 18.0 Å². The van der Waals surface area contributed by atoms with Crippen LogP contribution in [-0.2, 0) is 16.1 Å². The quantitative estimate of drug-likeness (QED) is 0.783. The van der Waals surface area contributed by atoms with Crippen molar-refractivity contribution < 1.29 is 14.4 Å². The number of amides is 3. The summed E-state index contributed by atoms with van der Waals surface area (Å²) in [5.74, 6) is -1.22. The fourth-order valence-corrected chi connectivity index (χ4v) is 2.57. The van der Waals surface area contributed by atoms with Gasteiger partial charge in [-0.2, -0.15) is 0 Å². The summed E-state index contributed by atoms with van der Waals surface area (Å²) in [6.07, 6.45) is 3.00. The molecule has 3 N–H and O–H groups in total. The van der Waals surface area contributed by atoms with E-state index in [0.29, 0.717) is 24.3 Å². The second-order valence-corrected chi connectivity index (χ2v) is 5.12. The van der Waals surface area contributed by atoms with E-state index in [4.69, 9.17) is 5.73 Å². The normalized spacial score (nSPS) is 18.8. The van der Waals surface area contributed by atoms with Gasteiger partial charge in [0.05, 0.1) is 5.69 Å². The van der Waals surface area contributed by atoms with Gasteiger partial charge in [0.1, 0.15) is 18.3 Å². The molecule has 114 valence electrons. The number of carbonyl (C=O) groups excluding carboxylic acids is 3. The number of piperazine rings is 1. The lowest BCUT2D eigenvalue weighted by Gasteiger charge is -2.33. The highest BCUT2D eigenvalue weighted by Gasteiger charge is 2.36. The van der Waals surface area contributed by atoms with E-state index in [1.807, 2.05) is 6.92 Å². The van der Waals surface area contributed by atoms with Crippen LogP contribution in [0.1, 0.15) is 37.2 Å². The van der Waals surface area contributed by atoms with Crippen LogP contribution in [0.25, 0.3) is 0 Å². The van der Waals surface area contributed by atoms with Gasteiger partial charge < -0.3 is 15.2 Å². The highest BCUT2D eigenvalue weighted by molar-refractivity contribution is 6.07. The molecule has 21 heavy (non-hydrogen) atoms. The molecule has 0 radical (unpaired) electrons. The Balaban J connectivity index is 2.33. The number of hydrogen-bond acceptors (Lipinski definition) is 4. The Labute approximate surface area is 123 Å². The highest BCUT2D eigenvalue weighted by Crippen LogP contribution is 2.18. The standard InChI is InChI=1S/C14H20N4O3/c1-3-5-17-7-9(15)6-11(17)14(21)18-8-12(19)16-13(20)10(18)4-2/h6-7,10H,3-5,8,15H2,1-2H3,(H,16,19,20). The predicted octanol–water partition coefficient (Wildman–Crippen LogP) is 0.358. The first kappa shape index (κ1) is 15.1. The third kappa shape index (κ3) is 2.91. The van der Waals surface area contributed by atoms with Crippen LogP contribution in [0.5, 0.6) is 0 Å². The third-order valence-corrected chi connectivity index (χ3v) is 3.50. The Morgan fingerprint density at radius 2 is 2.14 bits per heavy atom. The molecule has 3 amide bonds. The smallest absolute Gasteiger partial charge is 0.271 e. The van der Waals surface area contributed by atoms with Gasteiger partial charge in [-0.15, -0.1) is 0 Å². The molecule has 1 saturated heterocycles. The number of nitrogens with zero attached hydrogens (tertiary/aromatic N) is 2. The summed E-state index contributed by atoms with van der Waals surface area (Å²) < 4.78 is 1.77. The van der Waals surface area contributed by atoms with E-state index in [1.165, 1.54) is 4.90 Å². The molecule has 2 heterocycles. The van der Waals surface area contributed by atoms with Crippen LogP contribution in [0.15, 0.2) is 12.3 Å². The maximum atomic E-state index is 12.7. The zero-order valence-electron chi connectivity index (χ0n) is 12.3. The molecule has 7 nitrogen and oxygen atoms in total. The molecular formula is C14H20N4O3. The number of carbonyl (C=O) groups is 3. The number of hydrogen-bond donors (Lipinski definition) is 2. The van der Waals surface area contributed by atoms with Gasteiger partial charge in [0, 0.05) is 12.7 Å². The lowest BCUT2D eigenvalue weighted by Crippen LogP contribution is -2.59. The number of aryl methyl sites for hydroxylation is 1. The molecule has 1 aromatic rings. The molecule has 0 bridgehead atoms. The molecular weight excluding hydrogens is 272 g/mol. The number of imide groups is 1. The van der Waals surface area contributed by atoms with Crippen LogP contribution in [-0.4, -0.2) is 39.8 Å². The van der Waals surface area contributed by atoms with Gasteiger partial charge in [-0.05, 0) is 18.9 Å². The SMILES string of the molecule is CCCn1cc(N)cc1C(=O)N1CC(=O)NC(=O)C1CC. The van der Waals surface area contributed by atoms with Crippen molar-refractivity contribution in [3.8, 4) is 0 Å². The van der Waals surface area contributed by atoms with E-state index in [2.05, 4.69) is 5.32 Å². The van der Waals surface area contributed by atoms with Crippen molar-refractivity contribution in [2.75, 3.05) is 12.3 Å². The Kier molecular flexibility index (Phi) is 4.30. The van der Waals surface area contributed by atoms with Crippen LogP contribution in [0, 0.1) is 0 Å². The molecule has 7 heteroatoms. The number of anilines is 1. The summed E-state index contributed by atoms with van der Waals surface area (Å²) >= 11 is 0. The van der Waals surface area contributed by atoms with Crippen molar-refractivity contribution in [1.82, 2.24) is 14.8 Å². The maximum absolute atomic E-state index is 12.7. The molecule has 1 aliphatic heterocycles. The van der Waals surface area contributed by atoms with Crippen LogP contribution in [0.4, 0.5) is 5.69 Å². The Hall–Kier alpha value is -2.31. The molecule has 1 fully saturated rings. The lowest BCUT2D eigenvalue weighted by molar-refractivity contribution is -0.138. The first-order chi connectivity index (χ1) is 9.97. The second-order valence-electron chi connectivity index (χ2n) is 5.12. The number of aromatic nitrogens is 1. The summed E-state index contributed by atoms with van der Waals surface area (Å²) in [4.78, 5) is 37.4. The average molecular weight is 292 g/mol. The first-order valence-electron chi connectivity index (χ1n) is 7.08. The Morgan fingerprint density at radius 1 is 1.43 bits per heavy atom. The van der Waals surface area contributed by atoms with E-state index in [1.54, 1.807) is 23.8 Å². The summed E-state index contributed by atoms with van der Waals surface area (Å²) in [5.41, 5.74) is 6.67. The van der Waals surface area contributed by atoms with Crippen molar-refractivity contribution in [1.29, 1.82) is 0 Å². The molecule has 2 rings (SSSR count). The molecule has 0 saturated carbocycles. The first-order valence-corrected chi connectivity index (χ1v) is 7.08. The van der Waals surface area contributed by atoms with E-state index in [9.17, 15) is 14.4 Å². The van der Waals surface area contributed by atoms with Gasteiger partial charge in [0.2, 0.25) is 11.8 Å². The Morgan fingerprint density at radius 3 is 2.76 bits per heavy atom. The third-order valence-electron chi connectivity index (χ3n) is 3.50. The molecule has 1 atom stereocenters. The van der Waals surface area contributed by atoms with Crippen molar-refractivity contribution in [3.63, 3.8) is 0 Å². The maximum Gasteiger partial charge on any atom is 0.271 e. The van der Waals surface area contributed by atoms with E-state index in [0.717, 1.165) is 6.42 Å². The molecule has 0 aromatic carbocycles. The van der Waals surface area contributed by atoms with E-state index >= 15 is 0 Å². The topological polar surface area (TPSA) is 97.4 Å². The Bertz CT molecular complexity index is 579. The lowest BCUT2D eigenvalue weighted by atomic mass is 10.1. The van der Waals surface area contributed by atoms with Gasteiger partial charge >= 0.3 is 0 Å². The highest BCUT2D eigenvalue weighted by atomic mass is 16.2. The van der Waals surface area contributed by atoms with Gasteiger partial charge in [-0.1, -0.05) is 13.8 Å². The second kappa shape index (κ2) is 5.99. The summed E-state index contributed by atoms with van der Waals surface area (Å²) in [5, 5.41) is 2.26. The minimum atomic E-state index is -0.624. The summed E-state index contributed by atoms with van der Waals surface area (Å²) in [6.45, 7) is 4.35. The largest absolute Gasteiger partial charge is 0.397 e. The number of rotatable bonds is 4. The van der Waals surface area contributed by atoms with Gasteiger partial charge in [-0.3, -0.25) is 19.7 Å². The van der Waals surface area contributed by atoms with Crippen molar-refractivity contribution >= 4 is 23.4 Å². The van der Waals surface area contributed by atoms with Crippen LogP contribution in [0.3, 0.4) is 0 Å². The summed E-state index contributed by atoms with van der Waals surface area (Å²) in [6, 6.07) is 0.961. The van der Waals surface area contributed by atoms with Gasteiger partial charge in [-0.25, -0.2) is 0 Å². The van der Waals surface area contributed by atoms with E-state index in [-0.39, 0.29) is 12.5 Å². The monoisotopic (exact) mass is 292 g/mol. The van der Waals surface area contributed by atoms with Crippen molar-refractivity contribution in [2.24, 2.45) is 0 Å². The molecule has 1 aromatic heterocycles. The summed E-state index contributed by atoms with van der Waals surface area (Å²) in [7, 11) is 0. The molecule has 1 unspecified atom stereocenters. The fraction of sp³-hybridized carbons (Fsp3) is 0.500. The van der Waals surface area contributed by atoms with Gasteiger partial charge in [0.15, 0.2) is 0 Å². The fourth-order valence-electron chi connectivity index (χ4n) is 2.57. The van der Waals surface area contributed by atoms with Gasteiger partial charge in [0.25, 0.3) is 5.91 Å². The van der Waals surface area contributed by atoms with Crippen LogP contribution >= 0.6 is 0 Å². The average Bonchev–Trinajstić information content (AvgIpc) is 2.78. The number of nitrogens with one attached hydrogen (secondary N) is 1. The van der Waals surface area contributed by atoms with Crippen molar-refractivity contribution in [2.45, 2.75) is 39.3 Å². The predicted molar refractivity (Wildman–Crippen MR) is 77.4 cm³/mol. The molecule has 0 spiro atoms. The number of nitrogens with two attached hydrogens (primary N) is 1. The van der Waals surface area contributed by atoms with E-state index < -0.39 is 17.9 Å². The zero-order chi connectivity index (χ0) is 15.6. The molecule has 0 aliphatic carbocycles. The minimum absolute atomic E-state index is 0.111. The molecule has 1 aliphatic rings. The number of nitrogen functional groups attached to an aromatic ring is 1. The van der Waals surface area contributed by atoms with Crippen LogP contribution < -0.4 is 11.1 Å². The minimum Gasteiger partial charge on any atom is -0.397 e. The van der Waals surface area contributed by atoms with Crippen LogP contribution in [0.2, 0.25) is 0 Å².